The van der Waals surface area contributed by atoms with Crippen molar-refractivity contribution in [3.63, 3.8) is 0 Å². The van der Waals surface area contributed by atoms with Crippen molar-refractivity contribution >= 4 is 18.1 Å². The molecule has 7 heteroatoms. The molecular formula is C16H26O5P2. The molecule has 23 heavy (non-hydrogen) atoms. The predicted octanol–water partition coefficient (Wildman–Crippen LogP) is 3.78. The molecule has 130 valence electrons. The van der Waals surface area contributed by atoms with E-state index in [4.69, 9.17) is 18.1 Å². The van der Waals surface area contributed by atoms with Gasteiger partial charge in [-0.3, -0.25) is 0 Å². The Balaban J connectivity index is 1.77. The van der Waals surface area contributed by atoms with E-state index in [2.05, 4.69) is 19.1 Å². The maximum absolute atomic E-state index is 9.53. The molecule has 0 aromatic heterocycles. The lowest BCUT2D eigenvalue weighted by atomic mass is 9.93. The molecule has 1 fully saturated rings. The van der Waals surface area contributed by atoms with Crippen molar-refractivity contribution in [2.24, 2.45) is 5.41 Å². The number of unbranched alkanes of at least 4 members (excludes halogenated alkanes) is 1. The number of rotatable bonds is 9. The second-order valence-electron chi connectivity index (χ2n) is 6.00. The maximum atomic E-state index is 9.53. The lowest BCUT2D eigenvalue weighted by molar-refractivity contribution is -0.0304. The molecule has 1 aliphatic rings. The van der Waals surface area contributed by atoms with Gasteiger partial charge in [0.2, 0.25) is 9.03 Å². The SMILES string of the molecule is CCCCc1ccc(OPOCC2(CO)COPOC2)c(C)c1. The molecule has 5 nitrogen and oxygen atoms in total. The third-order valence-electron chi connectivity index (χ3n) is 3.86. The first-order valence-electron chi connectivity index (χ1n) is 7.92. The number of hydrogen-bond donors (Lipinski definition) is 1. The Labute approximate surface area is 141 Å². The van der Waals surface area contributed by atoms with E-state index in [1.807, 2.05) is 13.0 Å². The topological polar surface area (TPSA) is 57.2 Å². The first-order valence-corrected chi connectivity index (χ1v) is 9.55. The second-order valence-corrected chi connectivity index (χ2v) is 7.40. The predicted molar refractivity (Wildman–Crippen MR) is 94.4 cm³/mol. The normalized spacial score (nSPS) is 22.9. The van der Waals surface area contributed by atoms with Gasteiger partial charge in [0, 0.05) is 0 Å². The summed E-state index contributed by atoms with van der Waals surface area (Å²) in [6.07, 6.45) is 3.52. The number of aliphatic hydroxyl groups is 1. The molecule has 0 radical (unpaired) electrons. The summed E-state index contributed by atoms with van der Waals surface area (Å²) in [6.45, 7) is 5.50. The highest BCUT2D eigenvalue weighted by Crippen LogP contribution is 2.34. The van der Waals surface area contributed by atoms with Gasteiger partial charge in [0.1, 0.15) is 5.75 Å². The highest BCUT2D eigenvalue weighted by Gasteiger charge is 2.34. The van der Waals surface area contributed by atoms with Crippen LogP contribution in [0.4, 0.5) is 0 Å². The molecule has 1 aromatic carbocycles. The molecule has 1 aromatic rings. The molecule has 0 aliphatic carbocycles. The summed E-state index contributed by atoms with van der Waals surface area (Å²) in [6, 6.07) is 6.29. The molecule has 0 bridgehead atoms. The Kier molecular flexibility index (Phi) is 8.18. The van der Waals surface area contributed by atoms with E-state index in [-0.39, 0.29) is 24.7 Å². The van der Waals surface area contributed by atoms with Crippen LogP contribution in [-0.4, -0.2) is 31.5 Å². The van der Waals surface area contributed by atoms with Crippen LogP contribution in [0.2, 0.25) is 0 Å². The Bertz CT molecular complexity index is 478. The number of benzene rings is 1. The van der Waals surface area contributed by atoms with Crippen molar-refractivity contribution in [2.45, 2.75) is 33.1 Å². The molecular weight excluding hydrogens is 334 g/mol. The molecule has 2 rings (SSSR count). The zero-order valence-corrected chi connectivity index (χ0v) is 15.8. The lowest BCUT2D eigenvalue weighted by Gasteiger charge is -2.33. The Morgan fingerprint density at radius 2 is 2.13 bits per heavy atom. The quantitative estimate of drug-likeness (QED) is 0.537. The maximum Gasteiger partial charge on any atom is 0.215 e. The minimum Gasteiger partial charge on any atom is -0.449 e. The van der Waals surface area contributed by atoms with Crippen molar-refractivity contribution in [3.05, 3.63) is 29.3 Å². The van der Waals surface area contributed by atoms with E-state index in [1.165, 1.54) is 18.4 Å². The van der Waals surface area contributed by atoms with Gasteiger partial charge in [-0.15, -0.1) is 0 Å². The van der Waals surface area contributed by atoms with Crippen molar-refractivity contribution in [1.82, 2.24) is 0 Å². The number of aliphatic hydroxyl groups excluding tert-OH is 1. The first kappa shape index (κ1) is 19.1. The fraction of sp³-hybridized carbons (Fsp3) is 0.625. The third kappa shape index (κ3) is 5.94. The van der Waals surface area contributed by atoms with Crippen LogP contribution in [0.3, 0.4) is 0 Å². The van der Waals surface area contributed by atoms with E-state index in [1.54, 1.807) is 0 Å². The van der Waals surface area contributed by atoms with Gasteiger partial charge in [0.25, 0.3) is 0 Å². The smallest absolute Gasteiger partial charge is 0.215 e. The van der Waals surface area contributed by atoms with Gasteiger partial charge in [-0.25, -0.2) is 0 Å². The molecule has 0 saturated carbocycles. The Morgan fingerprint density at radius 1 is 1.35 bits per heavy atom. The van der Waals surface area contributed by atoms with E-state index in [0.29, 0.717) is 19.8 Å². The molecule has 1 unspecified atom stereocenters. The average Bonchev–Trinajstić information content (AvgIpc) is 2.59. The molecule has 0 spiro atoms. The summed E-state index contributed by atoms with van der Waals surface area (Å²) in [7, 11) is -0.0528. The largest absolute Gasteiger partial charge is 0.449 e. The Hall–Kier alpha value is -0.280. The van der Waals surface area contributed by atoms with Gasteiger partial charge in [-0.1, -0.05) is 25.5 Å². The molecule has 1 N–H and O–H groups in total. The van der Waals surface area contributed by atoms with Gasteiger partial charge in [0.05, 0.1) is 31.8 Å². The van der Waals surface area contributed by atoms with Crippen LogP contribution in [0.15, 0.2) is 18.2 Å². The summed E-state index contributed by atoms with van der Waals surface area (Å²) < 4.78 is 21.9. The summed E-state index contributed by atoms with van der Waals surface area (Å²) in [5.41, 5.74) is 2.00. The minimum absolute atomic E-state index is 0.0207. The highest BCUT2D eigenvalue weighted by molar-refractivity contribution is 7.26. The average molecular weight is 360 g/mol. The van der Waals surface area contributed by atoms with E-state index in [0.717, 1.165) is 17.7 Å². The number of aryl methyl sites for hydroxylation is 2. The first-order chi connectivity index (χ1) is 11.2. The van der Waals surface area contributed by atoms with Crippen molar-refractivity contribution in [2.75, 3.05) is 26.4 Å². The molecule has 0 amide bonds. The van der Waals surface area contributed by atoms with E-state index < -0.39 is 5.41 Å². The monoisotopic (exact) mass is 360 g/mol. The minimum atomic E-state index is -0.472. The van der Waals surface area contributed by atoms with Crippen LogP contribution in [-0.2, 0) is 20.0 Å². The lowest BCUT2D eigenvalue weighted by Crippen LogP contribution is -2.40. The van der Waals surface area contributed by atoms with Crippen LogP contribution in [0.25, 0.3) is 0 Å². The van der Waals surface area contributed by atoms with Crippen molar-refractivity contribution in [3.8, 4) is 5.75 Å². The van der Waals surface area contributed by atoms with E-state index >= 15 is 0 Å². The zero-order valence-electron chi connectivity index (χ0n) is 13.8. The van der Waals surface area contributed by atoms with Gasteiger partial charge < -0.3 is 23.2 Å². The van der Waals surface area contributed by atoms with Gasteiger partial charge in [-0.05, 0) is 37.0 Å². The zero-order chi connectivity index (χ0) is 16.5. The van der Waals surface area contributed by atoms with Crippen molar-refractivity contribution < 1.29 is 23.2 Å². The standard InChI is InChI=1S/C16H26O5P2/c1-3-4-5-14-6-7-15(13(2)8-14)21-23-20-12-16(9-17)10-18-22-19-11-16/h6-8,17,22-23H,3-5,9-12H2,1-2H3. The number of hydrogen-bond acceptors (Lipinski definition) is 5. The van der Waals surface area contributed by atoms with Crippen LogP contribution in [0.5, 0.6) is 5.75 Å². The molecule has 1 aliphatic heterocycles. The van der Waals surface area contributed by atoms with E-state index in [9.17, 15) is 5.11 Å². The van der Waals surface area contributed by atoms with Crippen LogP contribution in [0.1, 0.15) is 30.9 Å². The highest BCUT2D eigenvalue weighted by atomic mass is 31.1. The molecule has 1 atom stereocenters. The fourth-order valence-electron chi connectivity index (χ4n) is 2.29. The summed E-state index contributed by atoms with van der Waals surface area (Å²) in [5, 5.41) is 9.53. The molecule has 1 heterocycles. The Morgan fingerprint density at radius 3 is 2.78 bits per heavy atom. The van der Waals surface area contributed by atoms with Crippen LogP contribution in [0, 0.1) is 12.3 Å². The van der Waals surface area contributed by atoms with Crippen LogP contribution < -0.4 is 4.52 Å². The summed E-state index contributed by atoms with van der Waals surface area (Å²) in [5.74, 6) is 0.847. The third-order valence-corrected chi connectivity index (χ3v) is 4.95. The summed E-state index contributed by atoms with van der Waals surface area (Å²) in [4.78, 5) is 0. The van der Waals surface area contributed by atoms with Gasteiger partial charge >= 0.3 is 0 Å². The van der Waals surface area contributed by atoms with Gasteiger partial charge in [0.15, 0.2) is 9.03 Å². The van der Waals surface area contributed by atoms with Crippen molar-refractivity contribution in [1.29, 1.82) is 0 Å². The molecule has 1 saturated heterocycles. The van der Waals surface area contributed by atoms with Crippen LogP contribution >= 0.6 is 18.1 Å². The fourth-order valence-corrected chi connectivity index (χ4v) is 3.84. The van der Waals surface area contributed by atoms with Gasteiger partial charge in [-0.2, -0.15) is 0 Å². The second kappa shape index (κ2) is 9.88. The summed E-state index contributed by atoms with van der Waals surface area (Å²) >= 11 is 0.